The van der Waals surface area contributed by atoms with Gasteiger partial charge in [-0.15, -0.1) is 0 Å². The molecule has 2 N–H and O–H groups in total. The Bertz CT molecular complexity index is 843. The standard InChI is InChI=1S/C20H22N4/c1-14-5-4-6-17(11-14)13-22-19-9-10-21-20(24-19)23-18-12-15(2)7-8-16(18)3/h4-12H,13H2,1-3H3,(H2,21,22,23,24). The van der Waals surface area contributed by atoms with E-state index < -0.39 is 0 Å². The average Bonchev–Trinajstić information content (AvgIpc) is 2.57. The number of hydrogen-bond donors (Lipinski definition) is 2. The molecule has 2 aromatic carbocycles. The van der Waals surface area contributed by atoms with Crippen molar-refractivity contribution in [3.05, 3.63) is 77.0 Å². The molecule has 24 heavy (non-hydrogen) atoms. The quantitative estimate of drug-likeness (QED) is 0.712. The summed E-state index contributed by atoms with van der Waals surface area (Å²) in [6, 6.07) is 16.6. The maximum Gasteiger partial charge on any atom is 0.229 e. The van der Waals surface area contributed by atoms with Gasteiger partial charge in [0.25, 0.3) is 0 Å². The summed E-state index contributed by atoms with van der Waals surface area (Å²) < 4.78 is 0. The minimum absolute atomic E-state index is 0.595. The van der Waals surface area contributed by atoms with Gasteiger partial charge in [-0.25, -0.2) is 4.98 Å². The van der Waals surface area contributed by atoms with E-state index in [-0.39, 0.29) is 0 Å². The molecule has 0 saturated heterocycles. The van der Waals surface area contributed by atoms with Crippen LogP contribution in [0, 0.1) is 20.8 Å². The van der Waals surface area contributed by atoms with E-state index in [1.54, 1.807) is 6.20 Å². The minimum atomic E-state index is 0.595. The zero-order valence-electron chi connectivity index (χ0n) is 14.3. The molecule has 0 atom stereocenters. The molecule has 3 aromatic rings. The molecule has 0 aliphatic rings. The first-order valence-electron chi connectivity index (χ1n) is 8.07. The Hall–Kier alpha value is -2.88. The Morgan fingerprint density at radius 2 is 1.75 bits per heavy atom. The highest BCUT2D eigenvalue weighted by Crippen LogP contribution is 2.20. The maximum absolute atomic E-state index is 4.54. The van der Waals surface area contributed by atoms with Crippen LogP contribution in [-0.4, -0.2) is 9.97 Å². The van der Waals surface area contributed by atoms with Crippen molar-refractivity contribution >= 4 is 17.5 Å². The van der Waals surface area contributed by atoms with Crippen LogP contribution in [0.15, 0.2) is 54.7 Å². The number of hydrogen-bond acceptors (Lipinski definition) is 4. The first-order valence-corrected chi connectivity index (χ1v) is 8.07. The molecule has 0 spiro atoms. The largest absolute Gasteiger partial charge is 0.366 e. The second-order valence-corrected chi connectivity index (χ2v) is 6.05. The monoisotopic (exact) mass is 318 g/mol. The van der Waals surface area contributed by atoms with Gasteiger partial charge in [-0.05, 0) is 49.6 Å². The Balaban J connectivity index is 1.71. The summed E-state index contributed by atoms with van der Waals surface area (Å²) >= 11 is 0. The molecule has 0 saturated carbocycles. The Morgan fingerprint density at radius 3 is 2.58 bits per heavy atom. The van der Waals surface area contributed by atoms with Crippen molar-refractivity contribution in [3.8, 4) is 0 Å². The zero-order valence-corrected chi connectivity index (χ0v) is 14.3. The van der Waals surface area contributed by atoms with E-state index in [1.165, 1.54) is 22.3 Å². The normalized spacial score (nSPS) is 10.5. The van der Waals surface area contributed by atoms with Gasteiger partial charge < -0.3 is 10.6 Å². The number of benzene rings is 2. The molecular formula is C20H22N4. The highest BCUT2D eigenvalue weighted by molar-refractivity contribution is 5.60. The molecule has 0 unspecified atom stereocenters. The van der Waals surface area contributed by atoms with Gasteiger partial charge in [0.1, 0.15) is 5.82 Å². The first kappa shape index (κ1) is 16.0. The fourth-order valence-electron chi connectivity index (χ4n) is 2.52. The van der Waals surface area contributed by atoms with E-state index in [2.05, 4.69) is 83.8 Å². The third kappa shape index (κ3) is 4.10. The van der Waals surface area contributed by atoms with Crippen molar-refractivity contribution in [2.45, 2.75) is 27.3 Å². The van der Waals surface area contributed by atoms with Crippen LogP contribution in [0.2, 0.25) is 0 Å². The highest BCUT2D eigenvalue weighted by atomic mass is 15.1. The lowest BCUT2D eigenvalue weighted by Crippen LogP contribution is -2.05. The molecule has 1 aromatic heterocycles. The number of nitrogens with one attached hydrogen (secondary N) is 2. The molecule has 3 rings (SSSR count). The lowest BCUT2D eigenvalue weighted by molar-refractivity contribution is 1.08. The van der Waals surface area contributed by atoms with Crippen LogP contribution in [0.4, 0.5) is 17.5 Å². The van der Waals surface area contributed by atoms with Crippen molar-refractivity contribution in [1.29, 1.82) is 0 Å². The summed E-state index contributed by atoms with van der Waals surface area (Å²) in [4.78, 5) is 8.86. The van der Waals surface area contributed by atoms with Crippen molar-refractivity contribution in [2.24, 2.45) is 0 Å². The second kappa shape index (κ2) is 7.13. The van der Waals surface area contributed by atoms with Crippen molar-refractivity contribution < 1.29 is 0 Å². The highest BCUT2D eigenvalue weighted by Gasteiger charge is 2.03. The van der Waals surface area contributed by atoms with E-state index in [9.17, 15) is 0 Å². The van der Waals surface area contributed by atoms with Gasteiger partial charge in [0.2, 0.25) is 5.95 Å². The van der Waals surface area contributed by atoms with E-state index in [4.69, 9.17) is 0 Å². The molecule has 0 amide bonds. The number of anilines is 3. The van der Waals surface area contributed by atoms with E-state index in [1.807, 2.05) is 6.07 Å². The summed E-state index contributed by atoms with van der Waals surface area (Å²) in [7, 11) is 0. The summed E-state index contributed by atoms with van der Waals surface area (Å²) in [5.41, 5.74) is 5.90. The van der Waals surface area contributed by atoms with Crippen LogP contribution in [0.1, 0.15) is 22.3 Å². The molecule has 0 fully saturated rings. The summed E-state index contributed by atoms with van der Waals surface area (Å²) in [5, 5.41) is 6.65. The lowest BCUT2D eigenvalue weighted by atomic mass is 10.1. The predicted octanol–water partition coefficient (Wildman–Crippen LogP) is 4.76. The molecule has 0 radical (unpaired) electrons. The van der Waals surface area contributed by atoms with Crippen LogP contribution in [0.25, 0.3) is 0 Å². The number of rotatable bonds is 5. The van der Waals surface area contributed by atoms with E-state index in [0.29, 0.717) is 5.95 Å². The lowest BCUT2D eigenvalue weighted by Gasteiger charge is -2.11. The van der Waals surface area contributed by atoms with Crippen molar-refractivity contribution in [3.63, 3.8) is 0 Å². The molecule has 0 aliphatic heterocycles. The molecule has 122 valence electrons. The van der Waals surface area contributed by atoms with Crippen LogP contribution in [0.5, 0.6) is 0 Å². The summed E-state index contributed by atoms with van der Waals surface area (Å²) in [6.45, 7) is 6.98. The molecule has 4 heteroatoms. The molecule has 4 nitrogen and oxygen atoms in total. The van der Waals surface area contributed by atoms with Crippen LogP contribution >= 0.6 is 0 Å². The Kier molecular flexibility index (Phi) is 4.75. The summed E-state index contributed by atoms with van der Waals surface area (Å²) in [6.07, 6.45) is 1.76. The SMILES string of the molecule is Cc1cccc(CNc2ccnc(Nc3cc(C)ccc3C)n2)c1. The molecule has 0 aliphatic carbocycles. The number of nitrogens with zero attached hydrogens (tertiary/aromatic N) is 2. The predicted molar refractivity (Wildman–Crippen MR) is 99.7 cm³/mol. The van der Waals surface area contributed by atoms with Gasteiger partial charge in [-0.3, -0.25) is 0 Å². The number of aromatic nitrogens is 2. The van der Waals surface area contributed by atoms with Gasteiger partial charge in [0.15, 0.2) is 0 Å². The smallest absolute Gasteiger partial charge is 0.229 e. The van der Waals surface area contributed by atoms with Gasteiger partial charge in [0, 0.05) is 18.4 Å². The summed E-state index contributed by atoms with van der Waals surface area (Å²) in [5.74, 6) is 1.40. The minimum Gasteiger partial charge on any atom is -0.366 e. The maximum atomic E-state index is 4.54. The van der Waals surface area contributed by atoms with Crippen molar-refractivity contribution in [1.82, 2.24) is 9.97 Å². The zero-order chi connectivity index (χ0) is 16.9. The van der Waals surface area contributed by atoms with Crippen molar-refractivity contribution in [2.75, 3.05) is 10.6 Å². The van der Waals surface area contributed by atoms with Gasteiger partial charge >= 0.3 is 0 Å². The third-order valence-corrected chi connectivity index (χ3v) is 3.85. The topological polar surface area (TPSA) is 49.8 Å². The van der Waals surface area contributed by atoms with E-state index >= 15 is 0 Å². The van der Waals surface area contributed by atoms with E-state index in [0.717, 1.165) is 18.1 Å². The van der Waals surface area contributed by atoms with Crippen LogP contribution in [0.3, 0.4) is 0 Å². The fourth-order valence-corrected chi connectivity index (χ4v) is 2.52. The van der Waals surface area contributed by atoms with Gasteiger partial charge in [0.05, 0.1) is 0 Å². The first-order chi connectivity index (χ1) is 11.6. The Labute approximate surface area is 143 Å². The second-order valence-electron chi connectivity index (χ2n) is 6.05. The van der Waals surface area contributed by atoms with Gasteiger partial charge in [-0.1, -0.05) is 42.0 Å². The third-order valence-electron chi connectivity index (χ3n) is 3.85. The molecule has 1 heterocycles. The fraction of sp³-hybridized carbons (Fsp3) is 0.200. The average molecular weight is 318 g/mol. The van der Waals surface area contributed by atoms with Gasteiger partial charge in [-0.2, -0.15) is 4.98 Å². The number of aryl methyl sites for hydroxylation is 3. The van der Waals surface area contributed by atoms with Crippen LogP contribution in [-0.2, 0) is 6.54 Å². The Morgan fingerprint density at radius 1 is 0.917 bits per heavy atom. The molecule has 0 bridgehead atoms. The molecular weight excluding hydrogens is 296 g/mol. The van der Waals surface area contributed by atoms with Crippen LogP contribution < -0.4 is 10.6 Å².